The first-order valence-corrected chi connectivity index (χ1v) is 10.1. The van der Waals surface area contributed by atoms with Gasteiger partial charge in [0.2, 0.25) is 0 Å². The average molecular weight is 470 g/mol. The van der Waals surface area contributed by atoms with Crippen LogP contribution in [-0.2, 0) is 4.74 Å². The summed E-state index contributed by atoms with van der Waals surface area (Å²) < 4.78 is 5.71. The Kier molecular flexibility index (Phi) is 11.0. The van der Waals surface area contributed by atoms with Crippen LogP contribution in [0.25, 0.3) is 0 Å². The second-order valence-corrected chi connectivity index (χ2v) is 8.73. The highest BCUT2D eigenvalue weighted by molar-refractivity contribution is 14.0. The summed E-state index contributed by atoms with van der Waals surface area (Å²) in [6, 6.07) is 0. The van der Waals surface area contributed by atoms with Crippen molar-refractivity contribution in [2.24, 2.45) is 4.99 Å². The lowest BCUT2D eigenvalue weighted by molar-refractivity contribution is 0.0373. The third-order valence-electron chi connectivity index (χ3n) is 4.31. The van der Waals surface area contributed by atoms with E-state index < -0.39 is 0 Å². The number of nitrogens with zero attached hydrogens (tertiary/aromatic N) is 3. The standard InChI is InChI=1S/C17H34N4OS.HI/c1-4-18-16(21-11-14-23-17(2,3)15-21)19-7-5-6-8-20-9-12-22-13-10-20;/h4-15H2,1-3H3,(H,18,19);1H. The van der Waals surface area contributed by atoms with Crippen LogP contribution in [-0.4, -0.2) is 85.3 Å². The van der Waals surface area contributed by atoms with Crippen LogP contribution < -0.4 is 5.32 Å². The predicted molar refractivity (Wildman–Crippen MR) is 116 cm³/mol. The van der Waals surface area contributed by atoms with Crippen LogP contribution >= 0.6 is 35.7 Å². The summed E-state index contributed by atoms with van der Waals surface area (Å²) in [6.07, 6.45) is 2.39. The van der Waals surface area contributed by atoms with Crippen molar-refractivity contribution >= 4 is 41.7 Å². The molecule has 24 heavy (non-hydrogen) atoms. The van der Waals surface area contributed by atoms with E-state index in [0.717, 1.165) is 64.9 Å². The van der Waals surface area contributed by atoms with Gasteiger partial charge in [0, 0.05) is 49.8 Å². The number of hydrogen-bond donors (Lipinski definition) is 1. The van der Waals surface area contributed by atoms with Gasteiger partial charge in [-0.1, -0.05) is 0 Å². The number of morpholine rings is 1. The molecule has 0 amide bonds. The van der Waals surface area contributed by atoms with E-state index in [1.807, 2.05) is 0 Å². The van der Waals surface area contributed by atoms with Gasteiger partial charge in [0.1, 0.15) is 0 Å². The number of thioether (sulfide) groups is 1. The van der Waals surface area contributed by atoms with Crippen molar-refractivity contribution in [1.29, 1.82) is 0 Å². The van der Waals surface area contributed by atoms with Crippen LogP contribution in [0, 0.1) is 0 Å². The van der Waals surface area contributed by atoms with E-state index in [0.29, 0.717) is 4.75 Å². The highest BCUT2D eigenvalue weighted by Crippen LogP contribution is 2.29. The van der Waals surface area contributed by atoms with Crippen LogP contribution in [0.1, 0.15) is 33.6 Å². The van der Waals surface area contributed by atoms with Crippen molar-refractivity contribution in [3.63, 3.8) is 0 Å². The molecule has 0 aromatic heterocycles. The van der Waals surface area contributed by atoms with Gasteiger partial charge < -0.3 is 15.0 Å². The van der Waals surface area contributed by atoms with E-state index in [2.05, 4.69) is 47.6 Å². The van der Waals surface area contributed by atoms with Crippen molar-refractivity contribution in [2.45, 2.75) is 38.4 Å². The van der Waals surface area contributed by atoms with E-state index in [1.165, 1.54) is 18.7 Å². The summed E-state index contributed by atoms with van der Waals surface area (Å²) >= 11 is 2.07. The quantitative estimate of drug-likeness (QED) is 0.280. The molecule has 2 saturated heterocycles. The first-order chi connectivity index (χ1) is 11.1. The topological polar surface area (TPSA) is 40.1 Å². The van der Waals surface area contributed by atoms with Crippen molar-refractivity contribution in [2.75, 3.05) is 64.8 Å². The number of halogens is 1. The Labute approximate surface area is 169 Å². The van der Waals surface area contributed by atoms with Crippen LogP contribution in [0.4, 0.5) is 0 Å². The molecule has 0 bridgehead atoms. The number of aliphatic imine (C=N–C) groups is 1. The third kappa shape index (κ3) is 8.10. The van der Waals surface area contributed by atoms with E-state index in [9.17, 15) is 0 Å². The van der Waals surface area contributed by atoms with Gasteiger partial charge in [0.15, 0.2) is 5.96 Å². The molecule has 2 heterocycles. The maximum absolute atomic E-state index is 5.39. The van der Waals surface area contributed by atoms with Crippen LogP contribution in [0.2, 0.25) is 0 Å². The minimum atomic E-state index is 0. The zero-order chi connectivity index (χ0) is 16.5. The van der Waals surface area contributed by atoms with Gasteiger partial charge >= 0.3 is 0 Å². The first kappa shape index (κ1) is 22.3. The third-order valence-corrected chi connectivity index (χ3v) is 5.61. The molecule has 1 N–H and O–H groups in total. The second kappa shape index (κ2) is 11.8. The largest absolute Gasteiger partial charge is 0.379 e. The summed E-state index contributed by atoms with van der Waals surface area (Å²) in [6.45, 7) is 16.0. The van der Waals surface area contributed by atoms with Gasteiger partial charge in [-0.3, -0.25) is 9.89 Å². The highest BCUT2D eigenvalue weighted by atomic mass is 127. The fourth-order valence-corrected chi connectivity index (χ4v) is 4.19. The number of nitrogens with one attached hydrogen (secondary N) is 1. The SMILES string of the molecule is CCNC(=NCCCCN1CCOCC1)N1CCSC(C)(C)C1.I. The summed E-state index contributed by atoms with van der Waals surface area (Å²) in [5.41, 5.74) is 0. The Bertz CT molecular complexity index is 376. The van der Waals surface area contributed by atoms with Gasteiger partial charge in [-0.05, 0) is 40.2 Å². The molecule has 0 aromatic carbocycles. The Morgan fingerprint density at radius 2 is 1.96 bits per heavy atom. The molecule has 0 aromatic rings. The molecule has 0 unspecified atom stereocenters. The zero-order valence-corrected chi connectivity index (χ0v) is 18.7. The molecule has 2 fully saturated rings. The van der Waals surface area contributed by atoms with Crippen molar-refractivity contribution in [3.8, 4) is 0 Å². The second-order valence-electron chi connectivity index (χ2n) is 6.93. The zero-order valence-electron chi connectivity index (χ0n) is 15.6. The van der Waals surface area contributed by atoms with Gasteiger partial charge in [0.05, 0.1) is 13.2 Å². The fourth-order valence-electron chi connectivity index (χ4n) is 3.08. The minimum absolute atomic E-state index is 0. The molecule has 0 spiro atoms. The van der Waals surface area contributed by atoms with Crippen molar-refractivity contribution in [3.05, 3.63) is 0 Å². The van der Waals surface area contributed by atoms with Crippen molar-refractivity contribution in [1.82, 2.24) is 15.1 Å². The minimum Gasteiger partial charge on any atom is -0.379 e. The van der Waals surface area contributed by atoms with Gasteiger partial charge in [-0.15, -0.1) is 24.0 Å². The summed E-state index contributed by atoms with van der Waals surface area (Å²) in [4.78, 5) is 9.80. The summed E-state index contributed by atoms with van der Waals surface area (Å²) in [7, 11) is 0. The number of ether oxygens (including phenoxy) is 1. The predicted octanol–water partition coefficient (Wildman–Crippen LogP) is 2.51. The molecule has 7 heteroatoms. The summed E-state index contributed by atoms with van der Waals surface area (Å²) in [5.74, 6) is 2.29. The molecule has 0 aliphatic carbocycles. The maximum atomic E-state index is 5.39. The van der Waals surface area contributed by atoms with Crippen LogP contribution in [0.3, 0.4) is 0 Å². The van der Waals surface area contributed by atoms with E-state index in [1.54, 1.807) is 0 Å². The molecular weight excluding hydrogens is 435 g/mol. The Morgan fingerprint density at radius 3 is 2.62 bits per heavy atom. The number of hydrogen-bond acceptors (Lipinski definition) is 4. The maximum Gasteiger partial charge on any atom is 0.193 e. The van der Waals surface area contributed by atoms with Crippen LogP contribution in [0.15, 0.2) is 4.99 Å². The molecule has 2 aliphatic heterocycles. The Balaban J connectivity index is 0.00000288. The van der Waals surface area contributed by atoms with E-state index >= 15 is 0 Å². The van der Waals surface area contributed by atoms with Crippen LogP contribution in [0.5, 0.6) is 0 Å². The number of unbranched alkanes of at least 4 members (excludes halogenated alkanes) is 1. The molecule has 2 aliphatic rings. The first-order valence-electron chi connectivity index (χ1n) is 9.08. The molecule has 5 nitrogen and oxygen atoms in total. The lowest BCUT2D eigenvalue weighted by Gasteiger charge is -2.39. The van der Waals surface area contributed by atoms with Gasteiger partial charge in [-0.25, -0.2) is 0 Å². The van der Waals surface area contributed by atoms with E-state index in [4.69, 9.17) is 9.73 Å². The average Bonchev–Trinajstić information content (AvgIpc) is 2.53. The molecule has 0 radical (unpaired) electrons. The number of guanidine groups is 1. The lowest BCUT2D eigenvalue weighted by Crippen LogP contribution is -2.51. The van der Waals surface area contributed by atoms with Gasteiger partial charge in [-0.2, -0.15) is 11.8 Å². The monoisotopic (exact) mass is 470 g/mol. The number of rotatable bonds is 6. The highest BCUT2D eigenvalue weighted by Gasteiger charge is 2.28. The molecule has 0 saturated carbocycles. The molecule has 142 valence electrons. The summed E-state index contributed by atoms with van der Waals surface area (Å²) in [5, 5.41) is 3.47. The normalized spacial score (nSPS) is 22.1. The Hall–Kier alpha value is 0.270. The molecule has 2 rings (SSSR count). The van der Waals surface area contributed by atoms with Crippen molar-refractivity contribution < 1.29 is 4.74 Å². The Morgan fingerprint density at radius 1 is 1.21 bits per heavy atom. The van der Waals surface area contributed by atoms with E-state index in [-0.39, 0.29) is 24.0 Å². The van der Waals surface area contributed by atoms with Gasteiger partial charge in [0.25, 0.3) is 0 Å². The smallest absolute Gasteiger partial charge is 0.193 e. The molecule has 0 atom stereocenters. The lowest BCUT2D eigenvalue weighted by atomic mass is 10.2. The molecular formula is C17H35IN4OS. The fraction of sp³-hybridized carbons (Fsp3) is 0.941.